The van der Waals surface area contributed by atoms with E-state index in [1.807, 2.05) is 26.0 Å². The molecule has 0 aromatic heterocycles. The van der Waals surface area contributed by atoms with Gasteiger partial charge in [0.2, 0.25) is 0 Å². The number of nitrogens with two attached hydrogens (primary N) is 1. The maximum absolute atomic E-state index is 13.6. The van der Waals surface area contributed by atoms with E-state index in [1.165, 1.54) is 6.07 Å². The summed E-state index contributed by atoms with van der Waals surface area (Å²) in [7, 11) is 0. The highest BCUT2D eigenvalue weighted by Crippen LogP contribution is 2.28. The molecule has 0 heterocycles. The van der Waals surface area contributed by atoms with Gasteiger partial charge in [0.25, 0.3) is 0 Å². The summed E-state index contributed by atoms with van der Waals surface area (Å²) in [5.74, 6) is -1.89. The highest BCUT2D eigenvalue weighted by molar-refractivity contribution is 5.73. The summed E-state index contributed by atoms with van der Waals surface area (Å²) in [6.07, 6.45) is 0. The number of hydrogen-bond donors (Lipinski definition) is 2. The Kier molecular flexibility index (Phi) is 3.19. The smallest absolute Gasteiger partial charge is 0.184 e. The molecule has 0 aliphatic carbocycles. The molecule has 0 saturated heterocycles. The van der Waals surface area contributed by atoms with Crippen LogP contribution in [-0.2, 0) is 0 Å². The van der Waals surface area contributed by atoms with Crippen molar-refractivity contribution in [2.75, 3.05) is 11.1 Å². The number of halogens is 2. The molecule has 94 valence electrons. The van der Waals surface area contributed by atoms with Gasteiger partial charge in [-0.05, 0) is 49.2 Å². The van der Waals surface area contributed by atoms with Gasteiger partial charge in [0.1, 0.15) is 5.69 Å². The van der Waals surface area contributed by atoms with E-state index in [9.17, 15) is 8.78 Å². The minimum Gasteiger partial charge on any atom is -0.397 e. The third-order valence-corrected chi connectivity index (χ3v) is 2.90. The van der Waals surface area contributed by atoms with Gasteiger partial charge in [0.05, 0.1) is 5.69 Å². The Balaban J connectivity index is 2.39. The Labute approximate surface area is 104 Å². The summed E-state index contributed by atoms with van der Waals surface area (Å²) < 4.78 is 26.7. The lowest BCUT2D eigenvalue weighted by molar-refractivity contribution is 0.512. The van der Waals surface area contributed by atoms with Crippen LogP contribution in [0.3, 0.4) is 0 Å². The predicted molar refractivity (Wildman–Crippen MR) is 70.0 cm³/mol. The third-order valence-electron chi connectivity index (χ3n) is 2.90. The molecule has 0 aliphatic rings. The number of nitrogens with one attached hydrogen (secondary N) is 1. The van der Waals surface area contributed by atoms with Gasteiger partial charge >= 0.3 is 0 Å². The summed E-state index contributed by atoms with van der Waals surface area (Å²) >= 11 is 0. The molecule has 0 atom stereocenters. The van der Waals surface area contributed by atoms with Gasteiger partial charge in [-0.15, -0.1) is 0 Å². The fourth-order valence-electron chi connectivity index (χ4n) is 1.66. The second-order valence-corrected chi connectivity index (χ2v) is 4.25. The number of benzene rings is 2. The summed E-state index contributed by atoms with van der Waals surface area (Å²) in [5.41, 5.74) is 8.65. The summed E-state index contributed by atoms with van der Waals surface area (Å²) in [5, 5.41) is 2.81. The molecule has 0 saturated carbocycles. The molecular weight excluding hydrogens is 234 g/mol. The quantitative estimate of drug-likeness (QED) is 0.791. The first-order chi connectivity index (χ1) is 8.49. The average molecular weight is 248 g/mol. The van der Waals surface area contributed by atoms with Crippen LogP contribution in [-0.4, -0.2) is 0 Å². The van der Waals surface area contributed by atoms with Crippen molar-refractivity contribution >= 4 is 17.1 Å². The van der Waals surface area contributed by atoms with Crippen LogP contribution in [0.2, 0.25) is 0 Å². The van der Waals surface area contributed by atoms with Crippen LogP contribution in [0.5, 0.6) is 0 Å². The molecule has 0 radical (unpaired) electrons. The van der Waals surface area contributed by atoms with Crippen molar-refractivity contribution < 1.29 is 8.78 Å². The molecule has 0 aliphatic heterocycles. The van der Waals surface area contributed by atoms with Gasteiger partial charge in [0, 0.05) is 5.69 Å². The first-order valence-electron chi connectivity index (χ1n) is 5.57. The van der Waals surface area contributed by atoms with E-state index in [-0.39, 0.29) is 11.4 Å². The number of aryl methyl sites for hydroxylation is 2. The topological polar surface area (TPSA) is 38.0 Å². The molecule has 0 fully saturated rings. The minimum atomic E-state index is -0.965. The average Bonchev–Trinajstić information content (AvgIpc) is 2.34. The second-order valence-electron chi connectivity index (χ2n) is 4.25. The Bertz CT molecular complexity index is 595. The van der Waals surface area contributed by atoms with Crippen LogP contribution >= 0.6 is 0 Å². The van der Waals surface area contributed by atoms with Crippen LogP contribution < -0.4 is 11.1 Å². The number of rotatable bonds is 2. The summed E-state index contributed by atoms with van der Waals surface area (Å²) in [6, 6.07) is 7.91. The molecule has 0 bridgehead atoms. The van der Waals surface area contributed by atoms with E-state index in [1.54, 1.807) is 6.07 Å². The Morgan fingerprint density at radius 2 is 1.72 bits per heavy atom. The van der Waals surface area contributed by atoms with E-state index in [2.05, 4.69) is 5.32 Å². The molecular formula is C14H14F2N2. The Morgan fingerprint density at radius 3 is 2.39 bits per heavy atom. The van der Waals surface area contributed by atoms with Gasteiger partial charge in [0.15, 0.2) is 11.6 Å². The monoisotopic (exact) mass is 248 g/mol. The maximum atomic E-state index is 13.6. The summed E-state index contributed by atoms with van der Waals surface area (Å²) in [6.45, 7) is 3.93. The van der Waals surface area contributed by atoms with Crippen molar-refractivity contribution in [2.24, 2.45) is 0 Å². The zero-order chi connectivity index (χ0) is 13.3. The lowest BCUT2D eigenvalue weighted by Crippen LogP contribution is -2.01. The van der Waals surface area contributed by atoms with Crippen molar-refractivity contribution in [3.63, 3.8) is 0 Å². The lowest BCUT2D eigenvalue weighted by atomic mass is 10.1. The number of nitrogen functional groups attached to an aromatic ring is 1. The van der Waals surface area contributed by atoms with Crippen LogP contribution in [0.25, 0.3) is 0 Å². The second kappa shape index (κ2) is 4.64. The van der Waals surface area contributed by atoms with E-state index < -0.39 is 11.6 Å². The van der Waals surface area contributed by atoms with Crippen LogP contribution in [0.4, 0.5) is 25.8 Å². The molecule has 2 aromatic carbocycles. The standard InChI is InChI=1S/C14H14F2N2/c1-8-3-4-10(7-9(8)2)18-14-12(17)6-5-11(15)13(14)16/h3-7,18H,17H2,1-2H3. The zero-order valence-corrected chi connectivity index (χ0v) is 10.2. The van der Waals surface area contributed by atoms with E-state index in [4.69, 9.17) is 5.73 Å². The largest absolute Gasteiger partial charge is 0.397 e. The number of anilines is 3. The van der Waals surface area contributed by atoms with Crippen molar-refractivity contribution in [2.45, 2.75) is 13.8 Å². The fourth-order valence-corrected chi connectivity index (χ4v) is 1.66. The molecule has 2 nitrogen and oxygen atoms in total. The molecule has 0 amide bonds. The molecule has 2 rings (SSSR count). The zero-order valence-electron chi connectivity index (χ0n) is 10.2. The van der Waals surface area contributed by atoms with Crippen molar-refractivity contribution in [3.05, 3.63) is 53.1 Å². The first kappa shape index (κ1) is 12.4. The first-order valence-corrected chi connectivity index (χ1v) is 5.57. The Morgan fingerprint density at radius 1 is 1.00 bits per heavy atom. The Hall–Kier alpha value is -2.10. The van der Waals surface area contributed by atoms with Crippen molar-refractivity contribution in [3.8, 4) is 0 Å². The van der Waals surface area contributed by atoms with Crippen LogP contribution in [0, 0.1) is 25.5 Å². The van der Waals surface area contributed by atoms with E-state index in [0.717, 1.165) is 17.2 Å². The van der Waals surface area contributed by atoms with Gasteiger partial charge in [-0.25, -0.2) is 8.78 Å². The molecule has 4 heteroatoms. The van der Waals surface area contributed by atoms with Gasteiger partial charge in [-0.2, -0.15) is 0 Å². The van der Waals surface area contributed by atoms with Gasteiger partial charge in [-0.3, -0.25) is 0 Å². The predicted octanol–water partition coefficient (Wildman–Crippen LogP) is 3.91. The summed E-state index contributed by atoms with van der Waals surface area (Å²) in [4.78, 5) is 0. The minimum absolute atomic E-state index is 0.0294. The molecule has 0 unspecified atom stereocenters. The third kappa shape index (κ3) is 2.27. The van der Waals surface area contributed by atoms with E-state index in [0.29, 0.717) is 5.69 Å². The van der Waals surface area contributed by atoms with Crippen molar-refractivity contribution in [1.82, 2.24) is 0 Å². The van der Waals surface area contributed by atoms with Crippen LogP contribution in [0.1, 0.15) is 11.1 Å². The van der Waals surface area contributed by atoms with Gasteiger partial charge in [-0.1, -0.05) is 6.07 Å². The normalized spacial score (nSPS) is 10.4. The fraction of sp³-hybridized carbons (Fsp3) is 0.143. The van der Waals surface area contributed by atoms with Crippen LogP contribution in [0.15, 0.2) is 30.3 Å². The molecule has 0 spiro atoms. The highest BCUT2D eigenvalue weighted by atomic mass is 19.2. The molecule has 18 heavy (non-hydrogen) atoms. The SMILES string of the molecule is Cc1ccc(Nc2c(N)ccc(F)c2F)cc1C. The van der Waals surface area contributed by atoms with E-state index >= 15 is 0 Å². The lowest BCUT2D eigenvalue weighted by Gasteiger charge is -2.12. The highest BCUT2D eigenvalue weighted by Gasteiger charge is 2.12. The molecule has 3 N–H and O–H groups in total. The molecule has 2 aromatic rings. The van der Waals surface area contributed by atoms with Gasteiger partial charge < -0.3 is 11.1 Å². The van der Waals surface area contributed by atoms with Crippen molar-refractivity contribution in [1.29, 1.82) is 0 Å². The number of hydrogen-bond acceptors (Lipinski definition) is 2. The maximum Gasteiger partial charge on any atom is 0.184 e.